The number of nitrogens with one attached hydrogen (secondary N) is 1. The Morgan fingerprint density at radius 1 is 1.59 bits per heavy atom. The zero-order valence-electron chi connectivity index (χ0n) is 9.98. The molecule has 0 radical (unpaired) electrons. The van der Waals surface area contributed by atoms with Crippen LogP contribution < -0.4 is 5.32 Å². The van der Waals surface area contributed by atoms with Crippen molar-refractivity contribution in [2.24, 2.45) is 0 Å². The molecule has 1 heterocycles. The Morgan fingerprint density at radius 2 is 2.29 bits per heavy atom. The number of amides is 2. The predicted octanol–water partition coefficient (Wildman–Crippen LogP) is 1.05. The maximum absolute atomic E-state index is 11.9. The van der Waals surface area contributed by atoms with Crippen LogP contribution in [0.1, 0.15) is 32.6 Å². The molecule has 0 aromatic heterocycles. The molecule has 5 nitrogen and oxygen atoms in total. The highest BCUT2D eigenvalue weighted by atomic mass is 16.4. The van der Waals surface area contributed by atoms with Crippen LogP contribution in [0.2, 0.25) is 0 Å². The van der Waals surface area contributed by atoms with Crippen molar-refractivity contribution in [2.45, 2.75) is 44.7 Å². The fourth-order valence-corrected chi connectivity index (χ4v) is 1.95. The lowest BCUT2D eigenvalue weighted by atomic mass is 10.0. The molecule has 0 aromatic rings. The maximum Gasteiger partial charge on any atom is 0.326 e. The fourth-order valence-electron chi connectivity index (χ4n) is 1.95. The van der Waals surface area contributed by atoms with Crippen molar-refractivity contribution in [3.05, 3.63) is 0 Å². The molecule has 0 aromatic carbocycles. The van der Waals surface area contributed by atoms with Crippen molar-refractivity contribution in [1.29, 1.82) is 0 Å². The Balaban J connectivity index is 2.59. The minimum Gasteiger partial charge on any atom is -0.480 e. The van der Waals surface area contributed by atoms with Gasteiger partial charge in [0.15, 0.2) is 0 Å². The van der Waals surface area contributed by atoms with Gasteiger partial charge in [0.25, 0.3) is 0 Å². The number of carboxylic acids is 1. The zero-order valence-corrected chi connectivity index (χ0v) is 9.98. The smallest absolute Gasteiger partial charge is 0.326 e. The molecule has 1 rings (SSSR count). The summed E-state index contributed by atoms with van der Waals surface area (Å²) in [6, 6.07) is -1.18. The van der Waals surface area contributed by atoms with Gasteiger partial charge in [0.2, 0.25) is 0 Å². The highest BCUT2D eigenvalue weighted by Crippen LogP contribution is 2.17. The first kappa shape index (κ1) is 13.4. The summed E-state index contributed by atoms with van der Waals surface area (Å²) >= 11 is 0. The monoisotopic (exact) mass is 238 g/mol. The number of carbonyl (C=O) groups excluding carboxylic acids is 1. The van der Waals surface area contributed by atoms with E-state index in [0.29, 0.717) is 19.4 Å². The zero-order chi connectivity index (χ0) is 12.8. The summed E-state index contributed by atoms with van der Waals surface area (Å²) < 4.78 is 0. The van der Waals surface area contributed by atoms with Crippen LogP contribution in [0.5, 0.6) is 0 Å². The lowest BCUT2D eigenvalue weighted by Crippen LogP contribution is -2.53. The van der Waals surface area contributed by atoms with Gasteiger partial charge in [-0.15, -0.1) is 12.3 Å². The van der Waals surface area contributed by atoms with Crippen molar-refractivity contribution < 1.29 is 14.7 Å². The molecule has 1 fully saturated rings. The van der Waals surface area contributed by atoms with Crippen LogP contribution in [-0.2, 0) is 4.79 Å². The number of hydrogen-bond acceptors (Lipinski definition) is 2. The van der Waals surface area contributed by atoms with Crippen LogP contribution in [0.15, 0.2) is 0 Å². The van der Waals surface area contributed by atoms with E-state index in [4.69, 9.17) is 11.5 Å². The average Bonchev–Trinajstić information content (AvgIpc) is 2.29. The highest BCUT2D eigenvalue weighted by Gasteiger charge is 2.32. The summed E-state index contributed by atoms with van der Waals surface area (Å²) in [5, 5.41) is 11.8. The van der Waals surface area contributed by atoms with Gasteiger partial charge in [-0.3, -0.25) is 0 Å². The van der Waals surface area contributed by atoms with E-state index < -0.39 is 12.0 Å². The Hall–Kier alpha value is -1.70. The van der Waals surface area contributed by atoms with Gasteiger partial charge in [-0.25, -0.2) is 9.59 Å². The molecule has 17 heavy (non-hydrogen) atoms. The molecule has 5 heteroatoms. The molecule has 2 atom stereocenters. The number of carboxylic acid groups (broad SMARTS) is 1. The van der Waals surface area contributed by atoms with Gasteiger partial charge in [-0.05, 0) is 26.2 Å². The molecular weight excluding hydrogens is 220 g/mol. The third-order valence-corrected chi connectivity index (χ3v) is 2.84. The fraction of sp³-hybridized carbons (Fsp3) is 0.667. The van der Waals surface area contributed by atoms with Gasteiger partial charge in [-0.1, -0.05) is 0 Å². The Labute approximate surface area is 101 Å². The van der Waals surface area contributed by atoms with E-state index in [-0.39, 0.29) is 12.1 Å². The van der Waals surface area contributed by atoms with E-state index >= 15 is 0 Å². The minimum atomic E-state index is -0.940. The Kier molecular flexibility index (Phi) is 4.83. The van der Waals surface area contributed by atoms with Gasteiger partial charge >= 0.3 is 12.0 Å². The molecule has 2 unspecified atom stereocenters. The van der Waals surface area contributed by atoms with Crippen LogP contribution in [0.3, 0.4) is 0 Å². The molecule has 0 spiro atoms. The Bertz CT molecular complexity index is 335. The average molecular weight is 238 g/mol. The van der Waals surface area contributed by atoms with Crippen LogP contribution in [-0.4, -0.2) is 40.6 Å². The number of aliphatic carboxylic acids is 1. The first-order valence-electron chi connectivity index (χ1n) is 5.79. The molecule has 0 bridgehead atoms. The van der Waals surface area contributed by atoms with E-state index in [1.54, 1.807) is 6.92 Å². The number of hydrogen-bond donors (Lipinski definition) is 2. The second kappa shape index (κ2) is 6.14. The summed E-state index contributed by atoms with van der Waals surface area (Å²) in [6.45, 7) is 2.29. The van der Waals surface area contributed by atoms with Gasteiger partial charge in [0, 0.05) is 19.0 Å². The van der Waals surface area contributed by atoms with E-state index in [2.05, 4.69) is 11.2 Å². The molecule has 1 saturated heterocycles. The van der Waals surface area contributed by atoms with Gasteiger partial charge in [0.1, 0.15) is 6.04 Å². The molecular formula is C12H18N2O3. The van der Waals surface area contributed by atoms with E-state index in [1.165, 1.54) is 4.90 Å². The number of terminal acetylenes is 1. The molecule has 94 valence electrons. The van der Waals surface area contributed by atoms with Crippen molar-refractivity contribution in [3.8, 4) is 12.3 Å². The highest BCUT2D eigenvalue weighted by molar-refractivity contribution is 5.83. The first-order valence-corrected chi connectivity index (χ1v) is 5.79. The molecule has 2 N–H and O–H groups in total. The van der Waals surface area contributed by atoms with Crippen molar-refractivity contribution >= 4 is 12.0 Å². The summed E-state index contributed by atoms with van der Waals surface area (Å²) in [5.74, 6) is 1.52. The lowest BCUT2D eigenvalue weighted by Gasteiger charge is -2.33. The number of rotatable bonds is 3. The summed E-state index contributed by atoms with van der Waals surface area (Å²) in [6.07, 6.45) is 7.81. The second-order valence-electron chi connectivity index (χ2n) is 4.30. The lowest BCUT2D eigenvalue weighted by molar-refractivity contribution is -0.143. The minimum absolute atomic E-state index is 0.135. The largest absolute Gasteiger partial charge is 0.480 e. The van der Waals surface area contributed by atoms with Crippen LogP contribution in [0.25, 0.3) is 0 Å². The van der Waals surface area contributed by atoms with Gasteiger partial charge in [-0.2, -0.15) is 0 Å². The normalized spacial score (nSPS) is 21.4. The van der Waals surface area contributed by atoms with Crippen molar-refractivity contribution in [3.63, 3.8) is 0 Å². The third kappa shape index (κ3) is 3.66. The number of carbonyl (C=O) groups is 2. The predicted molar refractivity (Wildman–Crippen MR) is 63.4 cm³/mol. The number of likely N-dealkylation sites (tertiary alicyclic amines) is 1. The van der Waals surface area contributed by atoms with Crippen molar-refractivity contribution in [1.82, 2.24) is 10.2 Å². The molecule has 0 aliphatic carbocycles. The van der Waals surface area contributed by atoms with E-state index in [9.17, 15) is 9.59 Å². The number of urea groups is 1. The van der Waals surface area contributed by atoms with Crippen LogP contribution >= 0.6 is 0 Å². The molecule has 0 saturated carbocycles. The van der Waals surface area contributed by atoms with E-state index in [0.717, 1.165) is 12.8 Å². The summed E-state index contributed by atoms with van der Waals surface area (Å²) in [4.78, 5) is 24.3. The quantitative estimate of drug-likeness (QED) is 0.722. The maximum atomic E-state index is 11.9. The third-order valence-electron chi connectivity index (χ3n) is 2.84. The summed E-state index contributed by atoms with van der Waals surface area (Å²) in [7, 11) is 0. The topological polar surface area (TPSA) is 69.6 Å². The summed E-state index contributed by atoms with van der Waals surface area (Å²) in [5.41, 5.74) is 0. The molecule has 1 aliphatic rings. The number of piperidine rings is 1. The SMILES string of the molecule is C#CCC(C)NC(=O)N1CCCCC1C(=O)O. The standard InChI is InChI=1S/C12H18N2O3/c1-3-6-9(2)13-12(17)14-8-5-4-7-10(14)11(15)16/h1,9-10H,4-8H2,2H3,(H,13,17)(H,15,16). The van der Waals surface area contributed by atoms with Gasteiger partial charge < -0.3 is 15.3 Å². The molecule has 1 aliphatic heterocycles. The van der Waals surface area contributed by atoms with Crippen molar-refractivity contribution in [2.75, 3.05) is 6.54 Å². The molecule has 2 amide bonds. The number of nitrogens with zero attached hydrogens (tertiary/aromatic N) is 1. The Morgan fingerprint density at radius 3 is 2.88 bits per heavy atom. The first-order chi connectivity index (χ1) is 8.06. The second-order valence-corrected chi connectivity index (χ2v) is 4.30. The van der Waals surface area contributed by atoms with Crippen LogP contribution in [0, 0.1) is 12.3 Å². The van der Waals surface area contributed by atoms with Gasteiger partial charge in [0.05, 0.1) is 0 Å². The van der Waals surface area contributed by atoms with Crippen LogP contribution in [0.4, 0.5) is 4.79 Å². The van der Waals surface area contributed by atoms with E-state index in [1.807, 2.05) is 0 Å².